The molecule has 1 heterocycles. The molecule has 38 heavy (non-hydrogen) atoms. The number of hydrogen-bond acceptors (Lipinski definition) is 9. The first kappa shape index (κ1) is 30.2. The fourth-order valence-electron chi connectivity index (χ4n) is 3.11. The molecule has 0 aliphatic carbocycles. The van der Waals surface area contributed by atoms with Gasteiger partial charge in [-0.15, -0.1) is 0 Å². The van der Waals surface area contributed by atoms with Crippen molar-refractivity contribution in [3.8, 4) is 28.7 Å². The number of aliphatic carboxylic acids is 1. The lowest BCUT2D eigenvalue weighted by atomic mass is 10.1. The number of ether oxygens (including phenoxy) is 4. The monoisotopic (exact) mass is 551 g/mol. The van der Waals surface area contributed by atoms with Crippen molar-refractivity contribution >= 4 is 25.9 Å². The van der Waals surface area contributed by atoms with E-state index in [4.69, 9.17) is 39.6 Å². The van der Waals surface area contributed by atoms with Crippen LogP contribution < -0.4 is 29.2 Å². The minimum Gasteiger partial charge on any atom is -0.493 e. The molecule has 13 nitrogen and oxygen atoms in total. The van der Waals surface area contributed by atoms with E-state index in [0.29, 0.717) is 22.8 Å². The van der Waals surface area contributed by atoms with Gasteiger partial charge in [0, 0.05) is 18.3 Å². The number of methoxy groups -OCH3 is 4. The number of phosphoric ester groups is 1. The van der Waals surface area contributed by atoms with Crippen LogP contribution in [0.15, 0.2) is 42.9 Å². The molecular formula is C24H30N3O10P. The molecule has 0 saturated carbocycles. The topological polar surface area (TPSA) is 196 Å². The zero-order valence-electron chi connectivity index (χ0n) is 21.2. The Morgan fingerprint density at radius 2 is 1.55 bits per heavy atom. The number of rotatable bonds is 11. The van der Waals surface area contributed by atoms with Gasteiger partial charge in [-0.25, -0.2) is 9.55 Å². The lowest BCUT2D eigenvalue weighted by molar-refractivity contribution is -0.138. The first-order valence-electron chi connectivity index (χ1n) is 10.9. The SMILES string of the molecule is COc1ccc(/C=C\c2cc(OC)c(OC)c(OC)c2)cc1OP(=O)(O)O.N[C@@H](Cc1cnc[nH]1)C(=O)O. The first-order chi connectivity index (χ1) is 18.0. The van der Waals surface area contributed by atoms with Gasteiger partial charge in [-0.05, 0) is 35.4 Å². The molecule has 0 aliphatic heterocycles. The van der Waals surface area contributed by atoms with Gasteiger partial charge in [0.15, 0.2) is 23.0 Å². The van der Waals surface area contributed by atoms with Crippen LogP contribution in [0.3, 0.4) is 0 Å². The zero-order valence-corrected chi connectivity index (χ0v) is 22.0. The van der Waals surface area contributed by atoms with Gasteiger partial charge >= 0.3 is 13.8 Å². The summed E-state index contributed by atoms with van der Waals surface area (Å²) in [5, 5.41) is 8.42. The van der Waals surface area contributed by atoms with E-state index in [2.05, 4.69) is 14.5 Å². The lowest BCUT2D eigenvalue weighted by Gasteiger charge is -2.13. The van der Waals surface area contributed by atoms with Crippen molar-refractivity contribution in [2.45, 2.75) is 12.5 Å². The summed E-state index contributed by atoms with van der Waals surface area (Å²) >= 11 is 0. The highest BCUT2D eigenvalue weighted by molar-refractivity contribution is 7.46. The number of aromatic nitrogens is 2. The van der Waals surface area contributed by atoms with E-state index in [0.717, 1.165) is 11.3 Å². The maximum absolute atomic E-state index is 11.1. The number of imidazole rings is 1. The maximum atomic E-state index is 11.1. The maximum Gasteiger partial charge on any atom is 0.524 e. The molecular weight excluding hydrogens is 521 g/mol. The molecule has 1 atom stereocenters. The number of hydrogen-bond donors (Lipinski definition) is 5. The van der Waals surface area contributed by atoms with E-state index >= 15 is 0 Å². The second-order valence-corrected chi connectivity index (χ2v) is 8.67. The molecule has 3 aromatic rings. The fraction of sp³-hybridized carbons (Fsp3) is 0.250. The number of carboxylic acids is 1. The van der Waals surface area contributed by atoms with E-state index in [1.807, 2.05) is 0 Å². The molecule has 0 saturated heterocycles. The van der Waals surface area contributed by atoms with Gasteiger partial charge in [0.2, 0.25) is 5.75 Å². The van der Waals surface area contributed by atoms with Gasteiger partial charge < -0.3 is 39.3 Å². The minimum atomic E-state index is -4.71. The second kappa shape index (κ2) is 14.1. The Bertz CT molecular complexity index is 1250. The molecule has 0 spiro atoms. The molecule has 206 valence electrons. The highest BCUT2D eigenvalue weighted by Crippen LogP contribution is 2.42. The largest absolute Gasteiger partial charge is 0.524 e. The van der Waals surface area contributed by atoms with Gasteiger partial charge in [0.25, 0.3) is 0 Å². The molecule has 0 radical (unpaired) electrons. The van der Waals surface area contributed by atoms with E-state index in [1.54, 1.807) is 42.6 Å². The third-order valence-corrected chi connectivity index (χ3v) is 5.31. The highest BCUT2D eigenvalue weighted by atomic mass is 31.2. The van der Waals surface area contributed by atoms with Crippen molar-refractivity contribution < 1.29 is 47.7 Å². The van der Waals surface area contributed by atoms with Gasteiger partial charge in [-0.3, -0.25) is 14.6 Å². The molecule has 0 amide bonds. The van der Waals surface area contributed by atoms with Crippen LogP contribution in [0.2, 0.25) is 0 Å². The summed E-state index contributed by atoms with van der Waals surface area (Å²) in [7, 11) is 1.26. The van der Waals surface area contributed by atoms with Crippen molar-refractivity contribution in [1.29, 1.82) is 0 Å². The van der Waals surface area contributed by atoms with E-state index in [-0.39, 0.29) is 17.9 Å². The van der Waals surface area contributed by atoms with Gasteiger partial charge in [-0.1, -0.05) is 18.2 Å². The molecule has 6 N–H and O–H groups in total. The van der Waals surface area contributed by atoms with E-state index in [9.17, 15) is 9.36 Å². The average molecular weight is 551 g/mol. The number of benzene rings is 2. The number of phosphoric acid groups is 1. The van der Waals surface area contributed by atoms with E-state index < -0.39 is 19.8 Å². The third kappa shape index (κ3) is 9.12. The van der Waals surface area contributed by atoms with Crippen molar-refractivity contribution in [1.82, 2.24) is 9.97 Å². The van der Waals surface area contributed by atoms with Gasteiger partial charge in [0.1, 0.15) is 6.04 Å². The summed E-state index contributed by atoms with van der Waals surface area (Å²) in [6.07, 6.45) is 6.86. The summed E-state index contributed by atoms with van der Waals surface area (Å²) in [6.45, 7) is 0. The van der Waals surface area contributed by atoms with Crippen molar-refractivity contribution in [2.24, 2.45) is 5.73 Å². The van der Waals surface area contributed by atoms with Crippen molar-refractivity contribution in [3.05, 3.63) is 59.7 Å². The van der Waals surface area contributed by atoms with Crippen LogP contribution in [0.4, 0.5) is 0 Å². The molecule has 0 bridgehead atoms. The third-order valence-electron chi connectivity index (χ3n) is 4.87. The normalized spacial score (nSPS) is 11.8. The number of nitrogens with two attached hydrogens (primary N) is 1. The van der Waals surface area contributed by atoms with Crippen LogP contribution in [0.1, 0.15) is 16.8 Å². The quantitative estimate of drug-likeness (QED) is 0.173. The van der Waals surface area contributed by atoms with Gasteiger partial charge in [-0.2, -0.15) is 0 Å². The molecule has 1 aromatic heterocycles. The predicted molar refractivity (Wildman–Crippen MR) is 139 cm³/mol. The Morgan fingerprint density at radius 3 is 2.03 bits per heavy atom. The summed E-state index contributed by atoms with van der Waals surface area (Å²) < 4.78 is 36.8. The summed E-state index contributed by atoms with van der Waals surface area (Å²) in [5.41, 5.74) is 7.42. The second-order valence-electron chi connectivity index (χ2n) is 7.51. The standard InChI is InChI=1S/C18H21O8P.C6H9N3O2/c1-22-14-8-7-12(9-15(14)26-27(19,20)21)5-6-13-10-16(23-2)18(25-4)17(11-13)24-3;7-5(6(10)11)1-4-2-8-3-9-4/h5-11H,1-4H3,(H2,19,20,21);2-3,5H,1,7H2,(H,8,9)(H,10,11)/b6-5-;/t;5-/m.0/s1. The number of carboxylic acid groups (broad SMARTS) is 1. The molecule has 14 heteroatoms. The number of nitrogens with zero attached hydrogens (tertiary/aromatic N) is 1. The summed E-state index contributed by atoms with van der Waals surface area (Å²) in [4.78, 5) is 34.8. The minimum absolute atomic E-state index is 0.0575. The van der Waals surface area contributed by atoms with Gasteiger partial charge in [0.05, 0.1) is 34.8 Å². The van der Waals surface area contributed by atoms with Crippen LogP contribution in [-0.4, -0.2) is 65.3 Å². The van der Waals surface area contributed by atoms with Crippen LogP contribution in [0, 0.1) is 0 Å². The smallest absolute Gasteiger partial charge is 0.493 e. The van der Waals surface area contributed by atoms with Crippen molar-refractivity contribution in [3.63, 3.8) is 0 Å². The Balaban J connectivity index is 0.000000384. The highest BCUT2D eigenvalue weighted by Gasteiger charge is 2.19. The van der Waals surface area contributed by atoms with E-state index in [1.165, 1.54) is 40.8 Å². The Labute approximate surface area is 219 Å². The molecule has 0 fully saturated rings. The number of aromatic amines is 1. The zero-order chi connectivity index (χ0) is 28.3. The molecule has 3 rings (SSSR count). The first-order valence-corrected chi connectivity index (χ1v) is 12.4. The number of carbonyl (C=O) groups is 1. The summed E-state index contributed by atoms with van der Waals surface area (Å²) in [5.74, 6) is 0.660. The fourth-order valence-corrected chi connectivity index (χ4v) is 3.51. The molecule has 2 aromatic carbocycles. The Kier molecular flexibility index (Phi) is 11.2. The number of nitrogens with one attached hydrogen (secondary N) is 1. The Hall–Kier alpha value is -4.03. The van der Waals surface area contributed by atoms with Crippen LogP contribution >= 0.6 is 7.82 Å². The predicted octanol–water partition coefficient (Wildman–Crippen LogP) is 2.73. The Morgan fingerprint density at radius 1 is 0.974 bits per heavy atom. The van der Waals surface area contributed by atoms with Crippen LogP contribution in [0.5, 0.6) is 28.7 Å². The molecule has 0 aliphatic rings. The number of H-pyrrole nitrogens is 1. The van der Waals surface area contributed by atoms with Crippen molar-refractivity contribution in [2.75, 3.05) is 28.4 Å². The lowest BCUT2D eigenvalue weighted by Crippen LogP contribution is -2.32. The molecule has 0 unspecified atom stereocenters. The van der Waals surface area contributed by atoms with Crippen LogP contribution in [-0.2, 0) is 15.8 Å². The summed E-state index contributed by atoms with van der Waals surface area (Å²) in [6, 6.07) is 7.44. The van der Waals surface area contributed by atoms with Crippen LogP contribution in [0.25, 0.3) is 12.2 Å². The average Bonchev–Trinajstić information content (AvgIpc) is 3.39.